The van der Waals surface area contributed by atoms with Crippen molar-refractivity contribution >= 4 is 45.3 Å². The van der Waals surface area contributed by atoms with Crippen molar-refractivity contribution in [2.45, 2.75) is 6.54 Å². The second-order valence-electron chi connectivity index (χ2n) is 5.77. The van der Waals surface area contributed by atoms with Gasteiger partial charge < -0.3 is 9.88 Å². The average Bonchev–Trinajstić information content (AvgIpc) is 3.26. The maximum atomic E-state index is 12.4. The zero-order chi connectivity index (χ0) is 19.0. The van der Waals surface area contributed by atoms with Gasteiger partial charge in [0.15, 0.2) is 16.4 Å². The summed E-state index contributed by atoms with van der Waals surface area (Å²) in [5, 5.41) is 5.78. The molecule has 0 radical (unpaired) electrons. The molecule has 4 aromatic rings. The third-order valence-electron chi connectivity index (χ3n) is 3.94. The maximum absolute atomic E-state index is 12.4. The maximum Gasteiger partial charge on any atom is 0.270 e. The van der Waals surface area contributed by atoms with E-state index in [-0.39, 0.29) is 18.0 Å². The van der Waals surface area contributed by atoms with E-state index in [9.17, 15) is 9.59 Å². The number of amides is 1. The van der Waals surface area contributed by atoms with Crippen LogP contribution in [0.3, 0.4) is 0 Å². The molecule has 10 heteroatoms. The Morgan fingerprint density at radius 1 is 1.22 bits per heavy atom. The number of rotatable bonds is 4. The fourth-order valence-corrected chi connectivity index (χ4v) is 3.42. The fraction of sp³-hybridized carbons (Fsp3) is 0.118. The normalized spacial score (nSPS) is 11.0. The number of thiazole rings is 1. The van der Waals surface area contributed by atoms with E-state index in [2.05, 4.69) is 20.3 Å². The van der Waals surface area contributed by atoms with Gasteiger partial charge in [0.25, 0.3) is 5.56 Å². The number of nitrogens with zero attached hydrogens (tertiary/aromatic N) is 5. The van der Waals surface area contributed by atoms with Gasteiger partial charge in [-0.15, -0.1) is 11.3 Å². The first-order chi connectivity index (χ1) is 13.0. The first-order valence-corrected chi connectivity index (χ1v) is 9.15. The predicted molar refractivity (Wildman–Crippen MR) is 104 cm³/mol. The van der Waals surface area contributed by atoms with Crippen molar-refractivity contribution < 1.29 is 4.79 Å². The van der Waals surface area contributed by atoms with Crippen LogP contribution in [-0.4, -0.2) is 30.0 Å². The van der Waals surface area contributed by atoms with Gasteiger partial charge in [-0.05, 0) is 12.1 Å². The largest absolute Gasteiger partial charge is 0.304 e. The summed E-state index contributed by atoms with van der Waals surface area (Å²) < 4.78 is 2.97. The van der Waals surface area contributed by atoms with Gasteiger partial charge in [-0.3, -0.25) is 14.2 Å². The topological polar surface area (TPSA) is 94.7 Å². The lowest BCUT2D eigenvalue weighted by Gasteiger charge is -2.04. The van der Waals surface area contributed by atoms with Gasteiger partial charge >= 0.3 is 0 Å². The third-order valence-corrected chi connectivity index (χ3v) is 4.95. The van der Waals surface area contributed by atoms with E-state index < -0.39 is 0 Å². The van der Waals surface area contributed by atoms with Crippen LogP contribution in [0.15, 0.2) is 47.0 Å². The van der Waals surface area contributed by atoms with Gasteiger partial charge in [-0.25, -0.2) is 15.0 Å². The Morgan fingerprint density at radius 2 is 2.00 bits per heavy atom. The van der Waals surface area contributed by atoms with Crippen LogP contribution in [0, 0.1) is 0 Å². The van der Waals surface area contributed by atoms with Crippen LogP contribution in [0.25, 0.3) is 22.6 Å². The van der Waals surface area contributed by atoms with E-state index in [0.29, 0.717) is 21.4 Å². The third kappa shape index (κ3) is 3.46. The van der Waals surface area contributed by atoms with E-state index in [1.54, 1.807) is 23.7 Å². The lowest BCUT2D eigenvalue weighted by molar-refractivity contribution is -0.116. The molecule has 0 spiro atoms. The van der Waals surface area contributed by atoms with Crippen LogP contribution in [0.5, 0.6) is 0 Å². The van der Waals surface area contributed by atoms with Crippen molar-refractivity contribution in [1.82, 2.24) is 24.1 Å². The van der Waals surface area contributed by atoms with Crippen LogP contribution in [0.1, 0.15) is 0 Å². The summed E-state index contributed by atoms with van der Waals surface area (Å²) >= 11 is 7.23. The van der Waals surface area contributed by atoms with Gasteiger partial charge in [0, 0.05) is 23.0 Å². The fourth-order valence-electron chi connectivity index (χ4n) is 2.55. The highest BCUT2D eigenvalue weighted by molar-refractivity contribution is 7.14. The lowest BCUT2D eigenvalue weighted by Crippen LogP contribution is -2.20. The van der Waals surface area contributed by atoms with Crippen molar-refractivity contribution in [1.29, 1.82) is 0 Å². The SMILES string of the molecule is Cn1c(=O)cnc2c1ncn2CC(=O)Nc1nc(-c2ccc(Cl)cc2)cs1. The number of imidazole rings is 1. The Bertz CT molecular complexity index is 1190. The molecule has 0 aliphatic rings. The number of benzene rings is 1. The number of carbonyl (C=O) groups excluding carboxylic acids is 1. The predicted octanol–water partition coefficient (Wildman–Crippen LogP) is 2.55. The van der Waals surface area contributed by atoms with E-state index in [1.807, 2.05) is 17.5 Å². The first kappa shape index (κ1) is 17.4. The second kappa shape index (κ2) is 6.93. The Morgan fingerprint density at radius 3 is 2.78 bits per heavy atom. The standard InChI is InChI=1S/C17H13ClN6O2S/c1-23-14(26)6-19-16-15(23)20-9-24(16)7-13(25)22-17-21-12(8-27-17)10-2-4-11(18)5-3-10/h2-6,8-9H,7H2,1H3,(H,21,22,25). The highest BCUT2D eigenvalue weighted by atomic mass is 35.5. The Balaban J connectivity index is 1.50. The number of anilines is 1. The minimum absolute atomic E-state index is 0.0115. The number of hydrogen-bond donors (Lipinski definition) is 1. The summed E-state index contributed by atoms with van der Waals surface area (Å²) in [6.07, 6.45) is 2.69. The molecule has 0 aliphatic carbocycles. The number of aryl methyl sites for hydroxylation is 1. The van der Waals surface area contributed by atoms with Crippen LogP contribution in [0.4, 0.5) is 5.13 Å². The number of nitrogens with one attached hydrogen (secondary N) is 1. The van der Waals surface area contributed by atoms with E-state index in [1.165, 1.54) is 28.4 Å². The Labute approximate surface area is 162 Å². The van der Waals surface area contributed by atoms with Crippen LogP contribution < -0.4 is 10.9 Å². The van der Waals surface area contributed by atoms with E-state index in [4.69, 9.17) is 11.6 Å². The molecule has 0 aliphatic heterocycles. The quantitative estimate of drug-likeness (QED) is 0.568. The van der Waals surface area contributed by atoms with Crippen LogP contribution in [0.2, 0.25) is 5.02 Å². The number of halogens is 1. The number of fused-ring (bicyclic) bond motifs is 1. The number of hydrogen-bond acceptors (Lipinski definition) is 6. The molecule has 1 amide bonds. The highest BCUT2D eigenvalue weighted by Crippen LogP contribution is 2.26. The Hall–Kier alpha value is -3.04. The molecule has 0 unspecified atom stereocenters. The molecule has 3 aromatic heterocycles. The zero-order valence-corrected chi connectivity index (χ0v) is 15.7. The van der Waals surface area contributed by atoms with E-state index >= 15 is 0 Å². The van der Waals surface area contributed by atoms with Crippen molar-refractivity contribution in [3.63, 3.8) is 0 Å². The van der Waals surface area contributed by atoms with Crippen molar-refractivity contribution in [3.05, 3.63) is 57.5 Å². The van der Waals surface area contributed by atoms with Gasteiger partial charge in [-0.2, -0.15) is 0 Å². The summed E-state index contributed by atoms with van der Waals surface area (Å²) in [5.41, 5.74) is 2.32. The minimum atomic E-state index is -0.262. The molecule has 1 N–H and O–H groups in total. The van der Waals surface area contributed by atoms with Crippen molar-refractivity contribution in [2.24, 2.45) is 7.05 Å². The smallest absolute Gasteiger partial charge is 0.270 e. The molecule has 0 saturated carbocycles. The first-order valence-electron chi connectivity index (χ1n) is 7.89. The second-order valence-corrected chi connectivity index (χ2v) is 7.06. The highest BCUT2D eigenvalue weighted by Gasteiger charge is 2.13. The summed E-state index contributed by atoms with van der Waals surface area (Å²) in [7, 11) is 1.61. The molecule has 136 valence electrons. The Kier molecular flexibility index (Phi) is 4.46. The molecule has 1 aromatic carbocycles. The summed E-state index contributed by atoms with van der Waals surface area (Å²) in [6, 6.07) is 7.32. The van der Waals surface area contributed by atoms with Crippen molar-refractivity contribution in [2.75, 3.05) is 5.32 Å². The van der Waals surface area contributed by atoms with Gasteiger partial charge in [0.1, 0.15) is 6.54 Å². The number of carbonyl (C=O) groups is 1. The molecule has 0 fully saturated rings. The van der Waals surface area contributed by atoms with E-state index in [0.717, 1.165) is 11.3 Å². The summed E-state index contributed by atoms with van der Waals surface area (Å²) in [4.78, 5) is 36.6. The lowest BCUT2D eigenvalue weighted by atomic mass is 10.2. The van der Waals surface area contributed by atoms with Gasteiger partial charge in [0.05, 0.1) is 18.2 Å². The molecule has 8 nitrogen and oxygen atoms in total. The van der Waals surface area contributed by atoms with Crippen LogP contribution in [-0.2, 0) is 18.4 Å². The van der Waals surface area contributed by atoms with Gasteiger partial charge in [-0.1, -0.05) is 23.7 Å². The van der Waals surface area contributed by atoms with Crippen LogP contribution >= 0.6 is 22.9 Å². The zero-order valence-electron chi connectivity index (χ0n) is 14.1. The molecule has 0 saturated heterocycles. The molecule has 4 rings (SSSR count). The summed E-state index contributed by atoms with van der Waals surface area (Å²) in [6.45, 7) is 0.0115. The molecule has 0 atom stereocenters. The number of aromatic nitrogens is 5. The molecular weight excluding hydrogens is 388 g/mol. The minimum Gasteiger partial charge on any atom is -0.304 e. The molecule has 27 heavy (non-hydrogen) atoms. The molecule has 0 bridgehead atoms. The summed E-state index contributed by atoms with van der Waals surface area (Å²) in [5.74, 6) is -0.262. The molecular formula is C17H13ClN6O2S. The van der Waals surface area contributed by atoms with Gasteiger partial charge in [0.2, 0.25) is 5.91 Å². The van der Waals surface area contributed by atoms with Crippen molar-refractivity contribution in [3.8, 4) is 11.3 Å². The monoisotopic (exact) mass is 400 g/mol. The average molecular weight is 401 g/mol. The molecule has 3 heterocycles.